The standard InChI is InChI=1S/C21H27NO2S/c1-4-6-8-9-10-19-16-20(11-7-5-2)22(17-19)25(23,24)21-14-12-18(3)13-15-21/h12-17H,4-8,11H2,1-3H3. The second-order valence-corrected chi connectivity index (χ2v) is 8.16. The SMILES string of the molecule is CCCCC#Cc1cc(CCCC)n(S(=O)(=O)c2ccc(C)cc2)c1. The van der Waals surface area contributed by atoms with Crippen LogP contribution in [0.4, 0.5) is 0 Å². The fraction of sp³-hybridized carbons (Fsp3) is 0.429. The van der Waals surface area contributed by atoms with Crippen LogP contribution in [0.15, 0.2) is 41.4 Å². The predicted octanol–water partition coefficient (Wildman–Crippen LogP) is 4.92. The van der Waals surface area contributed by atoms with Crippen molar-refractivity contribution in [1.29, 1.82) is 0 Å². The summed E-state index contributed by atoms with van der Waals surface area (Å²) in [5.41, 5.74) is 2.63. The summed E-state index contributed by atoms with van der Waals surface area (Å²) < 4.78 is 27.5. The molecule has 0 aliphatic rings. The number of aromatic nitrogens is 1. The summed E-state index contributed by atoms with van der Waals surface area (Å²) in [6.45, 7) is 6.19. The van der Waals surface area contributed by atoms with E-state index in [0.29, 0.717) is 4.90 Å². The Balaban J connectivity index is 2.40. The van der Waals surface area contributed by atoms with Crippen LogP contribution in [0.25, 0.3) is 0 Å². The molecule has 2 rings (SSSR count). The first-order chi connectivity index (χ1) is 12.0. The number of rotatable bonds is 7. The van der Waals surface area contributed by atoms with Crippen molar-refractivity contribution in [3.63, 3.8) is 0 Å². The average Bonchev–Trinajstić information content (AvgIpc) is 3.01. The number of unbranched alkanes of at least 4 members (excludes halogenated alkanes) is 3. The van der Waals surface area contributed by atoms with Gasteiger partial charge in [-0.1, -0.05) is 56.2 Å². The summed E-state index contributed by atoms with van der Waals surface area (Å²) in [5.74, 6) is 6.25. The third-order valence-electron chi connectivity index (χ3n) is 4.11. The highest BCUT2D eigenvalue weighted by molar-refractivity contribution is 7.90. The zero-order valence-corrected chi connectivity index (χ0v) is 16.2. The molecule has 0 aliphatic carbocycles. The van der Waals surface area contributed by atoms with Crippen LogP contribution in [0.2, 0.25) is 0 Å². The number of hydrogen-bond donors (Lipinski definition) is 0. The van der Waals surface area contributed by atoms with E-state index in [1.807, 2.05) is 25.1 Å². The molecule has 2 aromatic rings. The molecule has 0 fully saturated rings. The Bertz CT molecular complexity index is 850. The quantitative estimate of drug-likeness (QED) is 0.521. The summed E-state index contributed by atoms with van der Waals surface area (Å²) in [6, 6.07) is 8.91. The first kappa shape index (κ1) is 19.3. The van der Waals surface area contributed by atoms with E-state index in [1.54, 1.807) is 18.3 Å². The molecule has 0 radical (unpaired) electrons. The van der Waals surface area contributed by atoms with E-state index in [1.165, 1.54) is 3.97 Å². The van der Waals surface area contributed by atoms with Crippen molar-refractivity contribution >= 4 is 10.0 Å². The largest absolute Gasteiger partial charge is 0.267 e. The van der Waals surface area contributed by atoms with E-state index in [2.05, 4.69) is 25.7 Å². The molecule has 0 saturated carbocycles. The maximum absolute atomic E-state index is 13.0. The summed E-state index contributed by atoms with van der Waals surface area (Å²) in [7, 11) is -3.58. The Kier molecular flexibility index (Phi) is 6.90. The van der Waals surface area contributed by atoms with E-state index in [9.17, 15) is 8.42 Å². The Morgan fingerprint density at radius 2 is 1.72 bits per heavy atom. The fourth-order valence-corrected chi connectivity index (χ4v) is 3.99. The lowest BCUT2D eigenvalue weighted by Crippen LogP contribution is -2.14. The molecule has 0 atom stereocenters. The molecule has 0 bridgehead atoms. The number of aryl methyl sites for hydroxylation is 2. The lowest BCUT2D eigenvalue weighted by atomic mass is 10.2. The van der Waals surface area contributed by atoms with Crippen LogP contribution in [0.1, 0.15) is 62.8 Å². The Morgan fingerprint density at radius 3 is 2.36 bits per heavy atom. The second-order valence-electron chi connectivity index (χ2n) is 6.34. The van der Waals surface area contributed by atoms with Gasteiger partial charge in [-0.2, -0.15) is 0 Å². The van der Waals surface area contributed by atoms with E-state index < -0.39 is 10.0 Å². The predicted molar refractivity (Wildman–Crippen MR) is 103 cm³/mol. The lowest BCUT2D eigenvalue weighted by molar-refractivity contribution is 0.584. The van der Waals surface area contributed by atoms with Crippen molar-refractivity contribution in [2.75, 3.05) is 0 Å². The van der Waals surface area contributed by atoms with Crippen LogP contribution in [0, 0.1) is 18.8 Å². The molecule has 0 spiro atoms. The van der Waals surface area contributed by atoms with Gasteiger partial charge in [0.1, 0.15) is 0 Å². The minimum absolute atomic E-state index is 0.317. The van der Waals surface area contributed by atoms with Crippen LogP contribution < -0.4 is 0 Å². The van der Waals surface area contributed by atoms with Gasteiger partial charge in [-0.3, -0.25) is 0 Å². The number of nitrogens with zero attached hydrogens (tertiary/aromatic N) is 1. The van der Waals surface area contributed by atoms with Gasteiger partial charge in [0.25, 0.3) is 10.0 Å². The number of benzene rings is 1. The Hall–Kier alpha value is -1.99. The van der Waals surface area contributed by atoms with E-state index in [0.717, 1.165) is 55.3 Å². The average molecular weight is 358 g/mol. The zero-order valence-electron chi connectivity index (χ0n) is 15.4. The summed E-state index contributed by atoms with van der Waals surface area (Å²) in [6.07, 6.45) is 7.40. The highest BCUT2D eigenvalue weighted by Gasteiger charge is 2.20. The van der Waals surface area contributed by atoms with Gasteiger partial charge in [-0.15, -0.1) is 0 Å². The van der Waals surface area contributed by atoms with Crippen LogP contribution in [0.5, 0.6) is 0 Å². The molecule has 134 valence electrons. The highest BCUT2D eigenvalue weighted by Crippen LogP contribution is 2.20. The summed E-state index contributed by atoms with van der Waals surface area (Å²) in [4.78, 5) is 0.317. The Labute approximate surface area is 152 Å². The van der Waals surface area contributed by atoms with Gasteiger partial charge >= 0.3 is 0 Å². The fourth-order valence-electron chi connectivity index (χ4n) is 2.58. The second kappa shape index (κ2) is 8.92. The van der Waals surface area contributed by atoms with E-state index >= 15 is 0 Å². The van der Waals surface area contributed by atoms with Crippen molar-refractivity contribution in [3.8, 4) is 11.8 Å². The molecule has 0 aliphatic heterocycles. The van der Waals surface area contributed by atoms with Crippen molar-refractivity contribution < 1.29 is 8.42 Å². The molecular weight excluding hydrogens is 330 g/mol. The Morgan fingerprint density at radius 1 is 1.04 bits per heavy atom. The van der Waals surface area contributed by atoms with E-state index in [-0.39, 0.29) is 0 Å². The molecule has 4 heteroatoms. The van der Waals surface area contributed by atoms with Gasteiger partial charge in [-0.25, -0.2) is 12.4 Å². The molecule has 0 N–H and O–H groups in total. The molecule has 1 heterocycles. The lowest BCUT2D eigenvalue weighted by Gasteiger charge is -2.10. The monoisotopic (exact) mass is 357 g/mol. The molecule has 3 nitrogen and oxygen atoms in total. The van der Waals surface area contributed by atoms with Crippen LogP contribution in [-0.2, 0) is 16.4 Å². The van der Waals surface area contributed by atoms with Crippen molar-refractivity contribution in [3.05, 3.63) is 53.3 Å². The highest BCUT2D eigenvalue weighted by atomic mass is 32.2. The normalized spacial score (nSPS) is 11.2. The van der Waals surface area contributed by atoms with Gasteiger partial charge < -0.3 is 0 Å². The topological polar surface area (TPSA) is 39.1 Å². The van der Waals surface area contributed by atoms with Gasteiger partial charge in [0.2, 0.25) is 0 Å². The van der Waals surface area contributed by atoms with Crippen molar-refractivity contribution in [2.24, 2.45) is 0 Å². The minimum atomic E-state index is -3.58. The van der Waals surface area contributed by atoms with Gasteiger partial charge in [0.05, 0.1) is 4.90 Å². The summed E-state index contributed by atoms with van der Waals surface area (Å²) in [5, 5.41) is 0. The smallest absolute Gasteiger partial charge is 0.245 e. The van der Waals surface area contributed by atoms with Crippen LogP contribution in [-0.4, -0.2) is 12.4 Å². The molecule has 0 amide bonds. The molecule has 0 unspecified atom stereocenters. The van der Waals surface area contributed by atoms with Crippen molar-refractivity contribution in [1.82, 2.24) is 3.97 Å². The third kappa shape index (κ3) is 4.99. The van der Waals surface area contributed by atoms with Crippen LogP contribution >= 0.6 is 0 Å². The van der Waals surface area contributed by atoms with Gasteiger partial charge in [-0.05, 0) is 44.4 Å². The van der Waals surface area contributed by atoms with Crippen LogP contribution in [0.3, 0.4) is 0 Å². The van der Waals surface area contributed by atoms with Crippen molar-refractivity contribution in [2.45, 2.75) is 64.2 Å². The molecule has 0 saturated heterocycles. The summed E-state index contributed by atoms with van der Waals surface area (Å²) >= 11 is 0. The minimum Gasteiger partial charge on any atom is -0.245 e. The first-order valence-corrected chi connectivity index (χ1v) is 10.5. The third-order valence-corrected chi connectivity index (χ3v) is 5.84. The van der Waals surface area contributed by atoms with Gasteiger partial charge in [0, 0.05) is 23.9 Å². The molecule has 1 aromatic heterocycles. The zero-order chi connectivity index (χ0) is 18.3. The van der Waals surface area contributed by atoms with Gasteiger partial charge in [0.15, 0.2) is 0 Å². The number of hydrogen-bond acceptors (Lipinski definition) is 2. The van der Waals surface area contributed by atoms with E-state index in [4.69, 9.17) is 0 Å². The maximum Gasteiger partial charge on any atom is 0.267 e. The molecule has 1 aromatic carbocycles. The molecular formula is C21H27NO2S. The molecule has 25 heavy (non-hydrogen) atoms. The maximum atomic E-state index is 13.0. The first-order valence-electron chi connectivity index (χ1n) is 9.01.